The summed E-state index contributed by atoms with van der Waals surface area (Å²) in [4.78, 5) is 10.7. The third-order valence-corrected chi connectivity index (χ3v) is 7.22. The lowest BCUT2D eigenvalue weighted by Gasteiger charge is -2.34. The lowest BCUT2D eigenvalue weighted by molar-refractivity contribution is -0.137. The number of alkyl halides is 3. The molecule has 0 amide bonds. The molecule has 1 heterocycles. The van der Waals surface area contributed by atoms with E-state index in [1.165, 1.54) is 12.8 Å². The van der Waals surface area contributed by atoms with Crippen LogP contribution in [0.15, 0.2) is 60.8 Å². The van der Waals surface area contributed by atoms with Gasteiger partial charge in [-0.15, -0.1) is 0 Å². The maximum Gasteiger partial charge on any atom is 0.421 e. The zero-order valence-electron chi connectivity index (χ0n) is 20.9. The number of hydrogen-bond donors (Lipinski definition) is 1. The molecule has 2 saturated carbocycles. The van der Waals surface area contributed by atoms with Crippen molar-refractivity contribution in [2.24, 2.45) is 0 Å². The highest BCUT2D eigenvalue weighted by Crippen LogP contribution is 2.38. The molecule has 2 fully saturated rings. The zero-order chi connectivity index (χ0) is 25.7. The number of benzene rings is 2. The summed E-state index contributed by atoms with van der Waals surface area (Å²) in [5.41, 5.74) is 0.474. The van der Waals surface area contributed by atoms with Gasteiger partial charge in [0, 0.05) is 29.7 Å². The van der Waals surface area contributed by atoms with Crippen LogP contribution in [0.25, 0.3) is 0 Å². The van der Waals surface area contributed by atoms with Gasteiger partial charge in [0.2, 0.25) is 5.95 Å². The molecule has 0 bridgehead atoms. The Balaban J connectivity index is 1.47. The largest absolute Gasteiger partial charge is 0.490 e. The second-order valence-corrected chi connectivity index (χ2v) is 9.96. The maximum atomic E-state index is 14.0. The first-order valence-electron chi connectivity index (χ1n) is 13.3. The average Bonchev–Trinajstić information content (AvgIpc) is 2.90. The fourth-order valence-corrected chi connectivity index (χ4v) is 5.37. The van der Waals surface area contributed by atoms with E-state index in [1.807, 2.05) is 41.3 Å². The molecule has 2 aliphatic carbocycles. The summed E-state index contributed by atoms with van der Waals surface area (Å²) in [5.74, 6) is 0.653. The second-order valence-electron chi connectivity index (χ2n) is 9.96. The van der Waals surface area contributed by atoms with Crippen LogP contribution in [0.5, 0.6) is 5.75 Å². The Morgan fingerprint density at radius 1 is 0.838 bits per heavy atom. The lowest BCUT2D eigenvalue weighted by atomic mass is 9.94. The van der Waals surface area contributed by atoms with E-state index in [0.717, 1.165) is 63.3 Å². The van der Waals surface area contributed by atoms with Gasteiger partial charge in [0.15, 0.2) is 0 Å². The van der Waals surface area contributed by atoms with E-state index >= 15 is 0 Å². The predicted octanol–water partition coefficient (Wildman–Crippen LogP) is 8.42. The van der Waals surface area contributed by atoms with Crippen LogP contribution >= 0.6 is 0 Å². The second kappa shape index (κ2) is 11.4. The summed E-state index contributed by atoms with van der Waals surface area (Å²) in [6.07, 6.45) is 7.16. The molecule has 0 unspecified atom stereocenters. The van der Waals surface area contributed by atoms with Crippen molar-refractivity contribution in [3.63, 3.8) is 0 Å². The van der Waals surface area contributed by atoms with Gasteiger partial charge in [-0.3, -0.25) is 0 Å². The maximum absolute atomic E-state index is 14.0. The molecular weight excluding hydrogens is 477 g/mol. The number of nitrogens with zero attached hydrogens (tertiary/aromatic N) is 3. The number of hydrogen-bond acceptors (Lipinski definition) is 5. The minimum absolute atomic E-state index is 0.132. The molecule has 5 rings (SSSR count). The number of para-hydroxylation sites is 1. The topological polar surface area (TPSA) is 50.3 Å². The molecule has 2 aromatic carbocycles. The number of ether oxygens (including phenoxy) is 1. The van der Waals surface area contributed by atoms with Gasteiger partial charge < -0.3 is 15.0 Å². The van der Waals surface area contributed by atoms with Crippen molar-refractivity contribution in [2.45, 2.75) is 82.5 Å². The van der Waals surface area contributed by atoms with Gasteiger partial charge in [0.1, 0.15) is 17.1 Å². The fourth-order valence-electron chi connectivity index (χ4n) is 5.37. The predicted molar refractivity (Wildman–Crippen MR) is 140 cm³/mol. The van der Waals surface area contributed by atoms with Crippen LogP contribution in [0.3, 0.4) is 0 Å². The molecule has 2 aliphatic rings. The third kappa shape index (κ3) is 6.35. The number of aromatic nitrogens is 2. The number of halogens is 3. The van der Waals surface area contributed by atoms with E-state index in [9.17, 15) is 13.2 Å². The molecule has 8 heteroatoms. The minimum Gasteiger partial charge on any atom is -0.490 e. The highest BCUT2D eigenvalue weighted by molar-refractivity contribution is 5.65. The third-order valence-electron chi connectivity index (χ3n) is 7.22. The summed E-state index contributed by atoms with van der Waals surface area (Å²) in [6.45, 7) is 0. The van der Waals surface area contributed by atoms with Gasteiger partial charge in [-0.25, -0.2) is 4.98 Å². The quantitative estimate of drug-likeness (QED) is 0.346. The lowest BCUT2D eigenvalue weighted by Crippen LogP contribution is -2.34. The highest BCUT2D eigenvalue weighted by atomic mass is 19.4. The van der Waals surface area contributed by atoms with Gasteiger partial charge in [0.05, 0.1) is 6.10 Å². The van der Waals surface area contributed by atoms with Crippen LogP contribution in [0.2, 0.25) is 0 Å². The van der Waals surface area contributed by atoms with Crippen molar-refractivity contribution in [3.8, 4) is 5.75 Å². The number of rotatable bonds is 7. The molecule has 0 aliphatic heterocycles. The zero-order valence-corrected chi connectivity index (χ0v) is 20.9. The Kier molecular flexibility index (Phi) is 7.82. The molecule has 196 valence electrons. The smallest absolute Gasteiger partial charge is 0.421 e. The molecule has 0 saturated heterocycles. The van der Waals surface area contributed by atoms with Crippen LogP contribution in [0.1, 0.15) is 69.8 Å². The van der Waals surface area contributed by atoms with Crippen molar-refractivity contribution in [3.05, 3.63) is 66.4 Å². The molecule has 0 radical (unpaired) electrons. The Morgan fingerprint density at radius 2 is 1.54 bits per heavy atom. The van der Waals surface area contributed by atoms with E-state index in [2.05, 4.69) is 15.3 Å². The average molecular weight is 511 g/mol. The van der Waals surface area contributed by atoms with Crippen molar-refractivity contribution in [1.82, 2.24) is 9.97 Å². The SMILES string of the molecule is FC(F)(F)c1cnc(N(c2ccccc2)C2CCCCC2)nc1Nc1cccc(OC2CCCCC2)c1. The van der Waals surface area contributed by atoms with Gasteiger partial charge in [-0.1, -0.05) is 49.9 Å². The highest BCUT2D eigenvalue weighted by Gasteiger charge is 2.36. The molecule has 0 spiro atoms. The van der Waals surface area contributed by atoms with E-state index in [0.29, 0.717) is 11.4 Å². The van der Waals surface area contributed by atoms with Crippen molar-refractivity contribution in [2.75, 3.05) is 10.2 Å². The van der Waals surface area contributed by atoms with Crippen LogP contribution in [0, 0.1) is 0 Å². The molecule has 0 atom stereocenters. The number of nitrogens with one attached hydrogen (secondary N) is 1. The van der Waals surface area contributed by atoms with E-state index < -0.39 is 11.7 Å². The van der Waals surface area contributed by atoms with Gasteiger partial charge in [0.25, 0.3) is 0 Å². The Hall–Kier alpha value is -3.29. The minimum atomic E-state index is -4.60. The van der Waals surface area contributed by atoms with E-state index in [4.69, 9.17) is 4.74 Å². The first-order chi connectivity index (χ1) is 18.0. The summed E-state index contributed by atoms with van der Waals surface area (Å²) < 4.78 is 48.1. The standard InChI is InChI=1S/C29H33F3N4O/c30-29(31,32)26-20-33-28(36(22-12-4-1-5-13-22)23-14-6-2-7-15-23)35-27(26)34-21-11-10-18-25(19-21)37-24-16-8-3-9-17-24/h1,4-5,10-13,18-20,23-24H,2-3,6-9,14-17H2,(H,33,34,35). The van der Waals surface area contributed by atoms with Gasteiger partial charge in [-0.05, 0) is 62.8 Å². The Morgan fingerprint density at radius 3 is 2.24 bits per heavy atom. The van der Waals surface area contributed by atoms with Gasteiger partial charge >= 0.3 is 6.18 Å². The molecule has 37 heavy (non-hydrogen) atoms. The normalized spacial score (nSPS) is 17.4. The fraction of sp³-hybridized carbons (Fsp3) is 0.448. The summed E-state index contributed by atoms with van der Waals surface area (Å²) >= 11 is 0. The van der Waals surface area contributed by atoms with E-state index in [-0.39, 0.29) is 23.9 Å². The molecule has 5 nitrogen and oxygen atoms in total. The van der Waals surface area contributed by atoms with Crippen LogP contribution < -0.4 is 15.0 Å². The molecule has 3 aromatic rings. The van der Waals surface area contributed by atoms with Gasteiger partial charge in [-0.2, -0.15) is 18.2 Å². The monoisotopic (exact) mass is 510 g/mol. The molecular formula is C29H33F3N4O. The first-order valence-corrected chi connectivity index (χ1v) is 13.3. The van der Waals surface area contributed by atoms with Crippen molar-refractivity contribution < 1.29 is 17.9 Å². The summed E-state index contributed by atoms with van der Waals surface area (Å²) in [6, 6.07) is 16.9. The van der Waals surface area contributed by atoms with Crippen molar-refractivity contribution in [1.29, 1.82) is 0 Å². The van der Waals surface area contributed by atoms with Crippen LogP contribution in [0.4, 0.5) is 36.3 Å². The summed E-state index contributed by atoms with van der Waals surface area (Å²) in [5, 5.41) is 2.93. The summed E-state index contributed by atoms with van der Waals surface area (Å²) in [7, 11) is 0. The Labute approximate surface area is 216 Å². The van der Waals surface area contributed by atoms with E-state index in [1.54, 1.807) is 18.2 Å². The van der Waals surface area contributed by atoms with Crippen molar-refractivity contribution >= 4 is 23.1 Å². The number of anilines is 4. The van der Waals surface area contributed by atoms with Crippen LogP contribution in [-0.4, -0.2) is 22.1 Å². The first kappa shape index (κ1) is 25.4. The molecule has 1 aromatic heterocycles. The Bertz CT molecular complexity index is 1160. The molecule has 1 N–H and O–H groups in total. The van der Waals surface area contributed by atoms with Crippen LogP contribution in [-0.2, 0) is 6.18 Å².